The number of nitrogens with one attached hydrogen (secondary N) is 1. The Morgan fingerprint density at radius 1 is 1.26 bits per heavy atom. The van der Waals surface area contributed by atoms with Gasteiger partial charge in [-0.3, -0.25) is 4.57 Å². The lowest BCUT2D eigenvalue weighted by Gasteiger charge is -2.32. The molecule has 0 aromatic carbocycles. The van der Waals surface area contributed by atoms with E-state index in [2.05, 4.69) is 40.4 Å². The molecule has 2 aromatic rings. The van der Waals surface area contributed by atoms with Crippen LogP contribution in [0, 0.1) is 5.92 Å². The molecule has 2 aromatic heterocycles. The Labute approximate surface area is 137 Å². The SMILES string of the molecule is Cn1cccc1CN[C@@H]1CCCC[C@@H]1Cc1nn(C)c(=O)n1C. The average Bonchev–Trinajstić information content (AvgIpc) is 3.06. The zero-order valence-corrected chi connectivity index (χ0v) is 14.3. The normalized spacial score (nSPS) is 21.7. The smallest absolute Gasteiger partial charge is 0.345 e. The number of hydrogen-bond acceptors (Lipinski definition) is 3. The molecule has 1 aliphatic rings. The number of nitrogens with zero attached hydrogens (tertiary/aromatic N) is 4. The highest BCUT2D eigenvalue weighted by atomic mass is 16.2. The molecule has 1 aliphatic carbocycles. The Bertz CT molecular complexity index is 711. The zero-order chi connectivity index (χ0) is 16.4. The van der Waals surface area contributed by atoms with E-state index in [9.17, 15) is 4.79 Å². The molecule has 2 atom stereocenters. The largest absolute Gasteiger partial charge is 0.353 e. The van der Waals surface area contributed by atoms with E-state index >= 15 is 0 Å². The minimum atomic E-state index is -0.0378. The number of rotatable bonds is 5. The first kappa shape index (κ1) is 16.1. The molecule has 0 unspecified atom stereocenters. The van der Waals surface area contributed by atoms with E-state index in [-0.39, 0.29) is 5.69 Å². The third kappa shape index (κ3) is 3.42. The second kappa shape index (κ2) is 6.74. The highest BCUT2D eigenvalue weighted by Crippen LogP contribution is 2.27. The monoisotopic (exact) mass is 317 g/mol. The minimum absolute atomic E-state index is 0.0378. The molecule has 0 spiro atoms. The maximum absolute atomic E-state index is 11.9. The Hall–Kier alpha value is -1.82. The van der Waals surface area contributed by atoms with Crippen LogP contribution in [-0.2, 0) is 34.1 Å². The maximum atomic E-state index is 11.9. The van der Waals surface area contributed by atoms with E-state index < -0.39 is 0 Å². The van der Waals surface area contributed by atoms with Gasteiger partial charge in [-0.2, -0.15) is 5.10 Å². The average molecular weight is 317 g/mol. The van der Waals surface area contributed by atoms with Gasteiger partial charge in [-0.05, 0) is 30.9 Å². The first-order valence-electron chi connectivity index (χ1n) is 8.48. The third-order valence-corrected chi connectivity index (χ3v) is 5.17. The first-order chi connectivity index (χ1) is 11.1. The molecule has 126 valence electrons. The van der Waals surface area contributed by atoms with Crippen LogP contribution >= 0.6 is 0 Å². The van der Waals surface area contributed by atoms with Crippen molar-refractivity contribution < 1.29 is 0 Å². The van der Waals surface area contributed by atoms with Crippen molar-refractivity contribution in [3.8, 4) is 0 Å². The van der Waals surface area contributed by atoms with E-state index in [0.717, 1.165) is 18.8 Å². The van der Waals surface area contributed by atoms with Gasteiger partial charge < -0.3 is 9.88 Å². The molecule has 2 heterocycles. The summed E-state index contributed by atoms with van der Waals surface area (Å²) in [5.74, 6) is 1.44. The summed E-state index contributed by atoms with van der Waals surface area (Å²) in [5.41, 5.74) is 1.27. The summed E-state index contributed by atoms with van der Waals surface area (Å²) < 4.78 is 5.28. The predicted octanol–water partition coefficient (Wildman–Crippen LogP) is 1.35. The van der Waals surface area contributed by atoms with Gasteiger partial charge in [-0.1, -0.05) is 12.8 Å². The lowest BCUT2D eigenvalue weighted by molar-refractivity contribution is 0.253. The van der Waals surface area contributed by atoms with Gasteiger partial charge in [0.2, 0.25) is 0 Å². The van der Waals surface area contributed by atoms with E-state index in [1.54, 1.807) is 11.6 Å². The Balaban J connectivity index is 1.67. The molecule has 1 saturated carbocycles. The molecule has 23 heavy (non-hydrogen) atoms. The van der Waals surface area contributed by atoms with Crippen LogP contribution in [-0.4, -0.2) is 25.0 Å². The van der Waals surface area contributed by atoms with E-state index in [1.807, 2.05) is 7.05 Å². The van der Waals surface area contributed by atoms with Crippen molar-refractivity contribution in [1.82, 2.24) is 24.2 Å². The summed E-state index contributed by atoms with van der Waals surface area (Å²) in [5, 5.41) is 8.13. The number of hydrogen-bond donors (Lipinski definition) is 1. The van der Waals surface area contributed by atoms with Gasteiger partial charge >= 0.3 is 5.69 Å². The van der Waals surface area contributed by atoms with Crippen LogP contribution in [0.2, 0.25) is 0 Å². The molecule has 3 rings (SSSR count). The molecule has 6 heteroatoms. The highest BCUT2D eigenvalue weighted by Gasteiger charge is 2.27. The van der Waals surface area contributed by atoms with Gasteiger partial charge in [0.15, 0.2) is 0 Å². The van der Waals surface area contributed by atoms with Gasteiger partial charge in [0, 0.05) is 52.0 Å². The Morgan fingerprint density at radius 2 is 2.04 bits per heavy atom. The van der Waals surface area contributed by atoms with Gasteiger partial charge in [0.1, 0.15) is 5.82 Å². The fraction of sp³-hybridized carbons (Fsp3) is 0.647. The predicted molar refractivity (Wildman–Crippen MR) is 90.2 cm³/mol. The molecule has 0 radical (unpaired) electrons. The summed E-state index contributed by atoms with van der Waals surface area (Å²) in [6.45, 7) is 0.895. The van der Waals surface area contributed by atoms with Gasteiger partial charge in [-0.15, -0.1) is 0 Å². The summed E-state index contributed by atoms with van der Waals surface area (Å²) in [4.78, 5) is 11.9. The van der Waals surface area contributed by atoms with Crippen LogP contribution in [0.4, 0.5) is 0 Å². The molecule has 6 nitrogen and oxygen atoms in total. The quantitative estimate of drug-likeness (QED) is 0.905. The molecule has 0 bridgehead atoms. The lowest BCUT2D eigenvalue weighted by atomic mass is 9.82. The minimum Gasteiger partial charge on any atom is -0.353 e. The standard InChI is InChI=1S/C17H27N5O/c1-20-10-6-8-14(20)12-18-15-9-5-4-7-13(15)11-16-19-22(3)17(23)21(16)2/h6,8,10,13,15,18H,4-5,7,9,11-12H2,1-3H3/t13-,15-/m1/s1. The van der Waals surface area contributed by atoms with E-state index in [4.69, 9.17) is 0 Å². The molecule has 1 fully saturated rings. The fourth-order valence-corrected chi connectivity index (χ4v) is 3.66. The van der Waals surface area contributed by atoms with Crippen LogP contribution < -0.4 is 11.0 Å². The molecule has 1 N–H and O–H groups in total. The van der Waals surface area contributed by atoms with Crippen molar-refractivity contribution in [3.63, 3.8) is 0 Å². The molecule has 0 aliphatic heterocycles. The van der Waals surface area contributed by atoms with E-state index in [1.165, 1.54) is 36.1 Å². The third-order valence-electron chi connectivity index (χ3n) is 5.17. The van der Waals surface area contributed by atoms with Crippen molar-refractivity contribution in [2.24, 2.45) is 27.1 Å². The van der Waals surface area contributed by atoms with E-state index in [0.29, 0.717) is 12.0 Å². The summed E-state index contributed by atoms with van der Waals surface area (Å²) >= 11 is 0. The van der Waals surface area contributed by atoms with Crippen molar-refractivity contribution >= 4 is 0 Å². The second-order valence-electron chi connectivity index (χ2n) is 6.73. The van der Waals surface area contributed by atoms with Crippen molar-refractivity contribution in [2.75, 3.05) is 0 Å². The molecule has 0 amide bonds. The second-order valence-corrected chi connectivity index (χ2v) is 6.73. The first-order valence-corrected chi connectivity index (χ1v) is 8.48. The topological polar surface area (TPSA) is 56.8 Å². The lowest BCUT2D eigenvalue weighted by Crippen LogP contribution is -2.39. The molecular formula is C17H27N5O. The summed E-state index contributed by atoms with van der Waals surface area (Å²) in [6.07, 6.45) is 7.91. The van der Waals surface area contributed by atoms with Gasteiger partial charge in [-0.25, -0.2) is 9.48 Å². The van der Waals surface area contributed by atoms with Crippen LogP contribution in [0.25, 0.3) is 0 Å². The number of aromatic nitrogens is 4. The maximum Gasteiger partial charge on any atom is 0.345 e. The van der Waals surface area contributed by atoms with Crippen molar-refractivity contribution in [1.29, 1.82) is 0 Å². The fourth-order valence-electron chi connectivity index (χ4n) is 3.66. The Morgan fingerprint density at radius 3 is 2.70 bits per heavy atom. The molecular weight excluding hydrogens is 290 g/mol. The zero-order valence-electron chi connectivity index (χ0n) is 14.3. The summed E-state index contributed by atoms with van der Waals surface area (Å²) in [6, 6.07) is 4.74. The van der Waals surface area contributed by atoms with Crippen LogP contribution in [0.3, 0.4) is 0 Å². The Kier molecular flexibility index (Phi) is 4.71. The van der Waals surface area contributed by atoms with Crippen LogP contribution in [0.5, 0.6) is 0 Å². The van der Waals surface area contributed by atoms with Gasteiger partial charge in [0.05, 0.1) is 0 Å². The van der Waals surface area contributed by atoms with Gasteiger partial charge in [0.25, 0.3) is 0 Å². The molecule has 0 saturated heterocycles. The van der Waals surface area contributed by atoms with Crippen molar-refractivity contribution in [3.05, 3.63) is 40.3 Å². The summed E-state index contributed by atoms with van der Waals surface area (Å²) in [7, 11) is 5.62. The number of aryl methyl sites for hydroxylation is 2. The van der Waals surface area contributed by atoms with Crippen molar-refractivity contribution in [2.45, 2.75) is 44.7 Å². The van der Waals surface area contributed by atoms with Crippen LogP contribution in [0.1, 0.15) is 37.2 Å². The van der Waals surface area contributed by atoms with Crippen LogP contribution in [0.15, 0.2) is 23.1 Å². The highest BCUT2D eigenvalue weighted by molar-refractivity contribution is 5.06.